The van der Waals surface area contributed by atoms with Gasteiger partial charge in [-0.1, -0.05) is 23.2 Å². The van der Waals surface area contributed by atoms with Crippen molar-refractivity contribution in [1.29, 1.82) is 0 Å². The van der Waals surface area contributed by atoms with Crippen molar-refractivity contribution in [2.24, 2.45) is 0 Å². The van der Waals surface area contributed by atoms with Crippen LogP contribution in [-0.2, 0) is 0 Å². The van der Waals surface area contributed by atoms with E-state index in [2.05, 4.69) is 16.8 Å². The van der Waals surface area contributed by atoms with Crippen LogP contribution in [0, 0.1) is 0 Å². The molecule has 2 aromatic heterocycles. The van der Waals surface area contributed by atoms with Crippen LogP contribution in [0.4, 0.5) is 5.82 Å². The Morgan fingerprint density at radius 2 is 2.16 bits per heavy atom. The van der Waals surface area contributed by atoms with Gasteiger partial charge in [0.25, 0.3) is 0 Å². The molecule has 4 rings (SSSR count). The van der Waals surface area contributed by atoms with Crippen molar-refractivity contribution in [3.8, 4) is 5.69 Å². The topological polar surface area (TPSA) is 54.2 Å². The summed E-state index contributed by atoms with van der Waals surface area (Å²) in [7, 11) is 0. The van der Waals surface area contributed by atoms with E-state index in [-0.39, 0.29) is 12.1 Å². The maximum Gasteiger partial charge on any atom is 0.131 e. The van der Waals surface area contributed by atoms with E-state index in [1.807, 2.05) is 22.9 Å². The Bertz CT molecular complexity index is 928. The zero-order valence-corrected chi connectivity index (χ0v) is 15.3. The second-order valence-electron chi connectivity index (χ2n) is 6.64. The minimum atomic E-state index is -0.321. The molecule has 1 N–H and O–H groups in total. The van der Waals surface area contributed by atoms with E-state index in [1.54, 1.807) is 18.6 Å². The fourth-order valence-electron chi connectivity index (χ4n) is 3.53. The SMILES string of the molecule is C[C@@]1(CO)CCCN1c1cc(-n2ccnc2)c2ccc(Cl)c(Cl)c2n1. The van der Waals surface area contributed by atoms with Gasteiger partial charge in [-0.3, -0.25) is 0 Å². The molecule has 1 aliphatic rings. The molecule has 0 unspecified atom stereocenters. The number of nitrogens with zero attached hydrogens (tertiary/aromatic N) is 4. The van der Waals surface area contributed by atoms with Crippen LogP contribution < -0.4 is 4.90 Å². The predicted octanol–water partition coefficient (Wildman–Crippen LogP) is 4.08. The highest BCUT2D eigenvalue weighted by atomic mass is 35.5. The van der Waals surface area contributed by atoms with Crippen LogP contribution in [0.2, 0.25) is 10.0 Å². The number of hydrogen-bond acceptors (Lipinski definition) is 4. The van der Waals surface area contributed by atoms with Crippen molar-refractivity contribution in [2.75, 3.05) is 18.1 Å². The van der Waals surface area contributed by atoms with Gasteiger partial charge in [-0.25, -0.2) is 9.97 Å². The molecule has 3 heterocycles. The molecular weight excluding hydrogens is 359 g/mol. The molecule has 5 nitrogen and oxygen atoms in total. The molecule has 130 valence electrons. The Morgan fingerprint density at radius 1 is 1.32 bits per heavy atom. The molecule has 0 radical (unpaired) electrons. The minimum absolute atomic E-state index is 0.0798. The number of imidazole rings is 1. The number of aromatic nitrogens is 3. The fourth-order valence-corrected chi connectivity index (χ4v) is 3.89. The Balaban J connectivity index is 1.99. The van der Waals surface area contributed by atoms with Crippen LogP contribution in [0.15, 0.2) is 36.9 Å². The number of benzene rings is 1. The van der Waals surface area contributed by atoms with Gasteiger partial charge in [-0.2, -0.15) is 0 Å². The standard InChI is InChI=1S/C18H18Cl2N4O/c1-18(10-25)5-2-7-24(18)15-9-14(23-8-6-21-11-23)12-3-4-13(19)16(20)17(12)22-15/h3-4,6,8-9,11,25H,2,5,7,10H2,1H3/t18-/m0/s1. The summed E-state index contributed by atoms with van der Waals surface area (Å²) in [4.78, 5) is 11.1. The van der Waals surface area contributed by atoms with E-state index in [0.29, 0.717) is 15.6 Å². The third-order valence-electron chi connectivity index (χ3n) is 4.99. The lowest BCUT2D eigenvalue weighted by molar-refractivity contribution is 0.209. The lowest BCUT2D eigenvalue weighted by Gasteiger charge is -2.35. The van der Waals surface area contributed by atoms with E-state index >= 15 is 0 Å². The molecule has 0 spiro atoms. The molecule has 0 saturated carbocycles. The van der Waals surface area contributed by atoms with Crippen molar-refractivity contribution < 1.29 is 5.11 Å². The van der Waals surface area contributed by atoms with Gasteiger partial charge in [0.15, 0.2) is 0 Å². The summed E-state index contributed by atoms with van der Waals surface area (Å²) in [5.41, 5.74) is 1.27. The average molecular weight is 377 g/mol. The molecule has 0 aliphatic carbocycles. The lowest BCUT2D eigenvalue weighted by Crippen LogP contribution is -2.44. The molecule has 7 heteroatoms. The summed E-state index contributed by atoms with van der Waals surface area (Å²) < 4.78 is 1.93. The van der Waals surface area contributed by atoms with Crippen molar-refractivity contribution in [3.05, 3.63) is 47.0 Å². The summed E-state index contributed by atoms with van der Waals surface area (Å²) in [5, 5.41) is 11.7. The molecule has 3 aromatic rings. The van der Waals surface area contributed by atoms with Crippen LogP contribution in [0.25, 0.3) is 16.6 Å². The summed E-state index contributed by atoms with van der Waals surface area (Å²) in [6.45, 7) is 2.98. The number of pyridine rings is 1. The molecule has 1 atom stereocenters. The number of rotatable bonds is 3. The van der Waals surface area contributed by atoms with E-state index in [1.165, 1.54) is 0 Å². The molecule has 1 saturated heterocycles. The highest BCUT2D eigenvalue weighted by molar-refractivity contribution is 6.45. The number of anilines is 1. The van der Waals surface area contributed by atoms with Crippen LogP contribution in [-0.4, -0.2) is 38.3 Å². The maximum atomic E-state index is 9.89. The summed E-state index contributed by atoms with van der Waals surface area (Å²) >= 11 is 12.7. The zero-order chi connectivity index (χ0) is 17.6. The molecule has 25 heavy (non-hydrogen) atoms. The first-order valence-electron chi connectivity index (χ1n) is 8.19. The van der Waals surface area contributed by atoms with Crippen molar-refractivity contribution in [3.63, 3.8) is 0 Å². The molecule has 1 aliphatic heterocycles. The fraction of sp³-hybridized carbons (Fsp3) is 0.333. The van der Waals surface area contributed by atoms with Gasteiger partial charge in [-0.15, -0.1) is 0 Å². The Hall–Kier alpha value is -1.82. The Kier molecular flexibility index (Phi) is 4.10. The van der Waals surface area contributed by atoms with Gasteiger partial charge < -0.3 is 14.6 Å². The molecule has 1 aromatic carbocycles. The third kappa shape index (κ3) is 2.67. The van der Waals surface area contributed by atoms with E-state index in [0.717, 1.165) is 36.3 Å². The second kappa shape index (κ2) is 6.16. The van der Waals surface area contributed by atoms with Crippen LogP contribution in [0.1, 0.15) is 19.8 Å². The van der Waals surface area contributed by atoms with Crippen LogP contribution >= 0.6 is 23.2 Å². The lowest BCUT2D eigenvalue weighted by atomic mass is 10.0. The van der Waals surface area contributed by atoms with E-state index in [9.17, 15) is 5.11 Å². The smallest absolute Gasteiger partial charge is 0.131 e. The number of aliphatic hydroxyl groups is 1. The highest BCUT2D eigenvalue weighted by Gasteiger charge is 2.37. The monoisotopic (exact) mass is 376 g/mol. The van der Waals surface area contributed by atoms with Gasteiger partial charge >= 0.3 is 0 Å². The van der Waals surface area contributed by atoms with Gasteiger partial charge in [0, 0.05) is 30.4 Å². The van der Waals surface area contributed by atoms with Crippen molar-refractivity contribution >= 4 is 39.9 Å². The first-order chi connectivity index (χ1) is 12.0. The number of aliphatic hydroxyl groups excluding tert-OH is 1. The molecule has 0 bridgehead atoms. The molecular formula is C18H18Cl2N4O. The Labute approximate surface area is 155 Å². The van der Waals surface area contributed by atoms with E-state index in [4.69, 9.17) is 28.2 Å². The normalized spacial score (nSPS) is 20.6. The summed E-state index contributed by atoms with van der Waals surface area (Å²) in [6, 6.07) is 5.72. The zero-order valence-electron chi connectivity index (χ0n) is 13.8. The van der Waals surface area contributed by atoms with Gasteiger partial charge in [0.05, 0.1) is 39.7 Å². The van der Waals surface area contributed by atoms with Gasteiger partial charge in [-0.05, 0) is 31.9 Å². The van der Waals surface area contributed by atoms with Gasteiger partial charge in [0.1, 0.15) is 5.82 Å². The number of hydrogen-bond donors (Lipinski definition) is 1. The Morgan fingerprint density at radius 3 is 2.88 bits per heavy atom. The number of halogens is 2. The highest BCUT2D eigenvalue weighted by Crippen LogP contribution is 2.38. The van der Waals surface area contributed by atoms with Crippen molar-refractivity contribution in [1.82, 2.24) is 14.5 Å². The maximum absolute atomic E-state index is 9.89. The predicted molar refractivity (Wildman–Crippen MR) is 101 cm³/mol. The largest absolute Gasteiger partial charge is 0.394 e. The summed E-state index contributed by atoms with van der Waals surface area (Å²) in [6.07, 6.45) is 7.30. The second-order valence-corrected chi connectivity index (χ2v) is 7.42. The quantitative estimate of drug-likeness (QED) is 0.748. The third-order valence-corrected chi connectivity index (χ3v) is 5.78. The average Bonchev–Trinajstić information content (AvgIpc) is 3.28. The summed E-state index contributed by atoms with van der Waals surface area (Å²) in [5.74, 6) is 0.786. The molecule has 1 fully saturated rings. The van der Waals surface area contributed by atoms with Crippen molar-refractivity contribution in [2.45, 2.75) is 25.3 Å². The minimum Gasteiger partial charge on any atom is -0.394 e. The van der Waals surface area contributed by atoms with Gasteiger partial charge in [0.2, 0.25) is 0 Å². The first-order valence-corrected chi connectivity index (χ1v) is 8.95. The van der Waals surface area contributed by atoms with E-state index < -0.39 is 0 Å². The van der Waals surface area contributed by atoms with Crippen LogP contribution in [0.3, 0.4) is 0 Å². The first kappa shape index (κ1) is 16.6. The van der Waals surface area contributed by atoms with Crippen LogP contribution in [0.5, 0.6) is 0 Å². The molecule has 0 amide bonds. The number of fused-ring (bicyclic) bond motifs is 1.